The van der Waals surface area contributed by atoms with Gasteiger partial charge in [-0.1, -0.05) is 23.2 Å². The summed E-state index contributed by atoms with van der Waals surface area (Å²) in [6, 6.07) is 6.67. The molecule has 0 aliphatic rings. The molecule has 112 valence electrons. The van der Waals surface area contributed by atoms with Crippen molar-refractivity contribution in [2.45, 2.75) is 6.92 Å². The van der Waals surface area contributed by atoms with Crippen molar-refractivity contribution in [3.63, 3.8) is 0 Å². The zero-order valence-corrected chi connectivity index (χ0v) is 13.3. The molecule has 1 aromatic carbocycles. The number of benzene rings is 1. The molecule has 1 N–H and O–H groups in total. The van der Waals surface area contributed by atoms with Gasteiger partial charge in [-0.2, -0.15) is 5.26 Å². The van der Waals surface area contributed by atoms with Crippen LogP contribution in [0.25, 0.3) is 0 Å². The zero-order chi connectivity index (χ0) is 16.4. The van der Waals surface area contributed by atoms with Crippen LogP contribution >= 0.6 is 23.2 Å². The molecule has 0 amide bonds. The minimum atomic E-state index is -0.552. The Labute approximate surface area is 136 Å². The van der Waals surface area contributed by atoms with Gasteiger partial charge in [-0.25, -0.2) is 0 Å². The monoisotopic (exact) mass is 335 g/mol. The molecule has 0 spiro atoms. The fourth-order valence-electron chi connectivity index (χ4n) is 1.90. The third-order valence-corrected chi connectivity index (χ3v) is 3.95. The molecular weight excluding hydrogens is 325 g/mol. The average molecular weight is 336 g/mol. The van der Waals surface area contributed by atoms with E-state index in [1.165, 1.54) is 13.3 Å². The van der Waals surface area contributed by atoms with Gasteiger partial charge in [-0.05, 0) is 30.7 Å². The number of halogens is 2. The Morgan fingerprint density at radius 3 is 2.64 bits per heavy atom. The van der Waals surface area contributed by atoms with Gasteiger partial charge in [-0.3, -0.25) is 14.4 Å². The van der Waals surface area contributed by atoms with E-state index in [0.29, 0.717) is 26.9 Å². The van der Waals surface area contributed by atoms with Crippen LogP contribution in [0.5, 0.6) is 5.88 Å². The Kier molecular flexibility index (Phi) is 4.55. The van der Waals surface area contributed by atoms with Crippen molar-refractivity contribution in [1.29, 1.82) is 5.26 Å². The van der Waals surface area contributed by atoms with Gasteiger partial charge >= 0.3 is 0 Å². The highest BCUT2D eigenvalue weighted by Crippen LogP contribution is 2.27. The summed E-state index contributed by atoms with van der Waals surface area (Å²) < 4.78 is 1.00. The molecule has 2 aromatic rings. The highest BCUT2D eigenvalue weighted by Gasteiger charge is 2.15. The van der Waals surface area contributed by atoms with E-state index in [0.717, 1.165) is 4.57 Å². The molecule has 0 unspecified atom stereocenters. The van der Waals surface area contributed by atoms with Gasteiger partial charge < -0.3 is 5.11 Å². The molecule has 0 aliphatic heterocycles. The van der Waals surface area contributed by atoms with Crippen LogP contribution in [0.3, 0.4) is 0 Å². The maximum atomic E-state index is 11.9. The summed E-state index contributed by atoms with van der Waals surface area (Å²) in [6.45, 7) is 1.58. The van der Waals surface area contributed by atoms with E-state index in [9.17, 15) is 9.90 Å². The number of hydrogen-bond donors (Lipinski definition) is 1. The van der Waals surface area contributed by atoms with E-state index in [1.807, 2.05) is 6.07 Å². The summed E-state index contributed by atoms with van der Waals surface area (Å²) in [7, 11) is 1.38. The summed E-state index contributed by atoms with van der Waals surface area (Å²) in [4.78, 5) is 16.0. The molecule has 1 heterocycles. The van der Waals surface area contributed by atoms with Gasteiger partial charge in [0.1, 0.15) is 11.6 Å². The Bertz CT molecular complexity index is 880. The van der Waals surface area contributed by atoms with Gasteiger partial charge in [0, 0.05) is 13.3 Å². The van der Waals surface area contributed by atoms with E-state index in [4.69, 9.17) is 28.5 Å². The van der Waals surface area contributed by atoms with E-state index in [2.05, 4.69) is 4.99 Å². The number of aliphatic imine (C=N–C) groups is 1. The van der Waals surface area contributed by atoms with Crippen LogP contribution < -0.4 is 5.56 Å². The fraction of sp³-hybridized carbons (Fsp3) is 0.133. The van der Waals surface area contributed by atoms with Crippen molar-refractivity contribution < 1.29 is 5.11 Å². The number of aromatic nitrogens is 1. The van der Waals surface area contributed by atoms with Gasteiger partial charge in [0.25, 0.3) is 5.56 Å². The average Bonchev–Trinajstić information content (AvgIpc) is 2.49. The maximum absolute atomic E-state index is 11.9. The van der Waals surface area contributed by atoms with Crippen LogP contribution in [0, 0.1) is 18.3 Å². The van der Waals surface area contributed by atoms with Crippen molar-refractivity contribution >= 4 is 35.1 Å². The standard InChI is InChI=1S/C15H11Cl2N3O2/c1-8-10(6-18)14(21)20(2)15(22)11(8)7-19-9-3-4-12(16)13(17)5-9/h3-5,7,22H,1-2H3. The molecule has 0 aliphatic carbocycles. The highest BCUT2D eigenvalue weighted by atomic mass is 35.5. The number of nitriles is 1. The normalized spacial score (nSPS) is 10.9. The lowest BCUT2D eigenvalue weighted by molar-refractivity contribution is 0.421. The number of hydrogen-bond acceptors (Lipinski definition) is 4. The third kappa shape index (κ3) is 2.84. The fourth-order valence-corrected chi connectivity index (χ4v) is 2.19. The summed E-state index contributed by atoms with van der Waals surface area (Å²) in [5, 5.41) is 19.9. The quantitative estimate of drug-likeness (QED) is 0.855. The van der Waals surface area contributed by atoms with Crippen LogP contribution in [-0.4, -0.2) is 15.9 Å². The van der Waals surface area contributed by atoms with Crippen LogP contribution in [0.15, 0.2) is 28.0 Å². The molecule has 0 saturated heterocycles. The molecule has 0 fully saturated rings. The molecule has 2 rings (SSSR count). The van der Waals surface area contributed by atoms with Crippen LogP contribution in [0.2, 0.25) is 10.0 Å². The minimum Gasteiger partial charge on any atom is -0.494 e. The Morgan fingerprint density at radius 2 is 2.05 bits per heavy atom. The first-order valence-electron chi connectivity index (χ1n) is 6.18. The second kappa shape index (κ2) is 6.22. The first-order chi connectivity index (χ1) is 10.4. The van der Waals surface area contributed by atoms with Crippen LogP contribution in [0.1, 0.15) is 16.7 Å². The smallest absolute Gasteiger partial charge is 0.271 e. The van der Waals surface area contributed by atoms with Gasteiger partial charge in [0.05, 0.1) is 21.3 Å². The molecule has 0 atom stereocenters. The maximum Gasteiger partial charge on any atom is 0.271 e. The van der Waals surface area contributed by atoms with E-state index >= 15 is 0 Å². The third-order valence-electron chi connectivity index (χ3n) is 3.21. The summed E-state index contributed by atoms with van der Waals surface area (Å²) >= 11 is 11.7. The van der Waals surface area contributed by atoms with E-state index < -0.39 is 5.56 Å². The summed E-state index contributed by atoms with van der Waals surface area (Å²) in [6.07, 6.45) is 1.38. The van der Waals surface area contributed by atoms with Crippen LogP contribution in [-0.2, 0) is 7.05 Å². The van der Waals surface area contributed by atoms with Crippen molar-refractivity contribution in [3.8, 4) is 11.9 Å². The molecular formula is C15H11Cl2N3O2. The molecule has 22 heavy (non-hydrogen) atoms. The highest BCUT2D eigenvalue weighted by molar-refractivity contribution is 6.42. The zero-order valence-electron chi connectivity index (χ0n) is 11.8. The Balaban J connectivity index is 2.56. The van der Waals surface area contributed by atoms with E-state index in [-0.39, 0.29) is 11.4 Å². The SMILES string of the molecule is Cc1c(C=Nc2ccc(Cl)c(Cl)c2)c(O)n(C)c(=O)c1C#N. The summed E-state index contributed by atoms with van der Waals surface area (Å²) in [5.41, 5.74) is 0.609. The molecule has 0 radical (unpaired) electrons. The number of rotatable bonds is 2. The Morgan fingerprint density at radius 1 is 1.36 bits per heavy atom. The largest absolute Gasteiger partial charge is 0.494 e. The van der Waals surface area contributed by atoms with Gasteiger partial charge in [0.15, 0.2) is 0 Å². The Hall–Kier alpha value is -2.29. The number of aromatic hydroxyl groups is 1. The van der Waals surface area contributed by atoms with Crippen molar-refractivity contribution in [2.75, 3.05) is 0 Å². The number of nitrogens with zero attached hydrogens (tertiary/aromatic N) is 3. The first kappa shape index (κ1) is 16.1. The molecule has 1 aromatic heterocycles. The van der Waals surface area contributed by atoms with Gasteiger partial charge in [-0.15, -0.1) is 0 Å². The molecule has 0 saturated carbocycles. The topological polar surface area (TPSA) is 78.4 Å². The lowest BCUT2D eigenvalue weighted by Gasteiger charge is -2.09. The van der Waals surface area contributed by atoms with E-state index in [1.54, 1.807) is 25.1 Å². The predicted octanol–water partition coefficient (Wildman–Crippen LogP) is 3.33. The second-order valence-corrected chi connectivity index (χ2v) is 5.38. The second-order valence-electron chi connectivity index (χ2n) is 4.57. The summed E-state index contributed by atoms with van der Waals surface area (Å²) in [5.74, 6) is -0.259. The van der Waals surface area contributed by atoms with Crippen molar-refractivity contribution in [2.24, 2.45) is 12.0 Å². The van der Waals surface area contributed by atoms with Crippen LogP contribution in [0.4, 0.5) is 5.69 Å². The first-order valence-corrected chi connectivity index (χ1v) is 6.94. The van der Waals surface area contributed by atoms with Crippen molar-refractivity contribution in [1.82, 2.24) is 4.57 Å². The van der Waals surface area contributed by atoms with Gasteiger partial charge in [0.2, 0.25) is 5.88 Å². The molecule has 5 nitrogen and oxygen atoms in total. The van der Waals surface area contributed by atoms with Crippen molar-refractivity contribution in [3.05, 3.63) is 55.3 Å². The number of pyridine rings is 1. The lowest BCUT2D eigenvalue weighted by atomic mass is 10.1. The molecule has 7 heteroatoms. The minimum absolute atomic E-state index is 0.0316. The molecule has 0 bridgehead atoms. The predicted molar refractivity (Wildman–Crippen MR) is 86.5 cm³/mol. The lowest BCUT2D eigenvalue weighted by Crippen LogP contribution is -2.22.